The Bertz CT molecular complexity index is 650. The minimum Gasteiger partial charge on any atom is -0.325 e. The number of nitrogens with zero attached hydrogens (tertiary/aromatic N) is 1. The molecule has 1 N–H and O–H groups in total. The average molecular weight is 303 g/mol. The molecular weight excluding hydrogens is 292 g/mol. The number of carbonyl (C=O) groups is 1. The molecule has 2 aromatic carbocycles. The van der Waals surface area contributed by atoms with E-state index in [4.69, 9.17) is 16.9 Å². The van der Waals surface area contributed by atoms with E-state index in [2.05, 4.69) is 5.32 Å². The van der Waals surface area contributed by atoms with Gasteiger partial charge >= 0.3 is 0 Å². The third kappa shape index (κ3) is 4.02. The molecule has 0 saturated heterocycles. The van der Waals surface area contributed by atoms with Crippen molar-refractivity contribution in [2.24, 2.45) is 0 Å². The second kappa shape index (κ2) is 6.99. The molecule has 0 atom stereocenters. The maximum atomic E-state index is 11.8. The number of nitrogens with one attached hydrogen (secondary N) is 1. The molecule has 0 heterocycles. The summed E-state index contributed by atoms with van der Waals surface area (Å²) < 4.78 is 0. The van der Waals surface area contributed by atoms with Gasteiger partial charge in [-0.25, -0.2) is 0 Å². The number of amides is 1. The van der Waals surface area contributed by atoms with Crippen molar-refractivity contribution < 1.29 is 4.79 Å². The van der Waals surface area contributed by atoms with Crippen LogP contribution in [0.3, 0.4) is 0 Å². The maximum Gasteiger partial charge on any atom is 0.234 e. The lowest BCUT2D eigenvalue weighted by Gasteiger charge is -2.06. The lowest BCUT2D eigenvalue weighted by atomic mass is 10.2. The van der Waals surface area contributed by atoms with Gasteiger partial charge in [0.25, 0.3) is 0 Å². The number of hydrogen-bond donors (Lipinski definition) is 1. The summed E-state index contributed by atoms with van der Waals surface area (Å²) >= 11 is 7.40. The fourth-order valence-corrected chi connectivity index (χ4v) is 2.57. The highest BCUT2D eigenvalue weighted by molar-refractivity contribution is 8.00. The zero-order chi connectivity index (χ0) is 14.4. The number of rotatable bonds is 4. The van der Waals surface area contributed by atoms with Crippen molar-refractivity contribution >= 4 is 35.0 Å². The molecule has 20 heavy (non-hydrogen) atoms. The largest absolute Gasteiger partial charge is 0.325 e. The molecule has 0 aliphatic heterocycles. The van der Waals surface area contributed by atoms with E-state index in [1.807, 2.05) is 24.3 Å². The van der Waals surface area contributed by atoms with E-state index < -0.39 is 0 Å². The van der Waals surface area contributed by atoms with Crippen molar-refractivity contribution in [1.29, 1.82) is 5.26 Å². The Morgan fingerprint density at radius 2 is 1.90 bits per heavy atom. The third-order valence-corrected chi connectivity index (χ3v) is 4.01. The van der Waals surface area contributed by atoms with Gasteiger partial charge in [-0.1, -0.05) is 23.7 Å². The van der Waals surface area contributed by atoms with Crippen molar-refractivity contribution in [2.75, 3.05) is 11.1 Å². The van der Waals surface area contributed by atoms with Crippen molar-refractivity contribution in [2.45, 2.75) is 4.90 Å². The molecule has 0 bridgehead atoms. The summed E-state index contributed by atoms with van der Waals surface area (Å²) in [7, 11) is 0. The average Bonchev–Trinajstić information content (AvgIpc) is 2.47. The fraction of sp³-hybridized carbons (Fsp3) is 0.0667. The minimum absolute atomic E-state index is 0.111. The van der Waals surface area contributed by atoms with E-state index in [0.29, 0.717) is 16.3 Å². The summed E-state index contributed by atoms with van der Waals surface area (Å²) in [5.41, 5.74) is 1.24. The van der Waals surface area contributed by atoms with E-state index in [-0.39, 0.29) is 11.7 Å². The lowest BCUT2D eigenvalue weighted by Crippen LogP contribution is -2.13. The third-order valence-electron chi connectivity index (χ3n) is 2.49. The normalized spacial score (nSPS) is 9.80. The number of halogens is 1. The first-order valence-corrected chi connectivity index (χ1v) is 7.23. The predicted octanol–water partition coefficient (Wildman–Crippen LogP) is 3.94. The predicted molar refractivity (Wildman–Crippen MR) is 82.0 cm³/mol. The van der Waals surface area contributed by atoms with Gasteiger partial charge in [0.2, 0.25) is 5.91 Å². The van der Waals surface area contributed by atoms with Crippen LogP contribution in [0, 0.1) is 11.3 Å². The van der Waals surface area contributed by atoms with Crippen LogP contribution in [0.25, 0.3) is 0 Å². The molecule has 0 radical (unpaired) electrons. The van der Waals surface area contributed by atoms with Crippen LogP contribution in [0.15, 0.2) is 53.4 Å². The first-order chi connectivity index (χ1) is 9.69. The molecule has 2 aromatic rings. The molecular formula is C15H11ClN2OS. The zero-order valence-corrected chi connectivity index (χ0v) is 12.0. The number of anilines is 1. The van der Waals surface area contributed by atoms with Gasteiger partial charge < -0.3 is 5.32 Å². The molecule has 2 rings (SSSR count). The summed E-state index contributed by atoms with van der Waals surface area (Å²) in [6, 6.07) is 16.2. The minimum atomic E-state index is -0.111. The highest BCUT2D eigenvalue weighted by Gasteiger charge is 2.06. The summed E-state index contributed by atoms with van der Waals surface area (Å²) in [5.74, 6) is 0.170. The number of hydrogen-bond acceptors (Lipinski definition) is 3. The number of carbonyl (C=O) groups excluding carboxylic acids is 1. The molecule has 0 aliphatic carbocycles. The Labute approximate surface area is 126 Å². The number of nitriles is 1. The summed E-state index contributed by atoms with van der Waals surface area (Å²) in [4.78, 5) is 12.7. The van der Waals surface area contributed by atoms with Crippen LogP contribution >= 0.6 is 23.4 Å². The second-order valence-electron chi connectivity index (χ2n) is 3.96. The second-order valence-corrected chi connectivity index (χ2v) is 5.38. The van der Waals surface area contributed by atoms with Gasteiger partial charge in [0.1, 0.15) is 0 Å². The van der Waals surface area contributed by atoms with Crippen molar-refractivity contribution in [3.05, 3.63) is 59.1 Å². The van der Waals surface area contributed by atoms with Crippen LogP contribution < -0.4 is 5.32 Å². The summed E-state index contributed by atoms with van der Waals surface area (Å²) in [6.45, 7) is 0. The molecule has 0 unspecified atom stereocenters. The van der Waals surface area contributed by atoms with Crippen LogP contribution in [0.4, 0.5) is 5.69 Å². The highest BCUT2D eigenvalue weighted by Crippen LogP contribution is 2.26. The standard InChI is InChI=1S/C15H11ClN2OS/c16-13-3-1-2-4-14(13)20-10-15(19)18-12-7-5-11(9-17)6-8-12/h1-8H,10H2,(H,18,19). The highest BCUT2D eigenvalue weighted by atomic mass is 35.5. The molecule has 5 heteroatoms. The van der Waals surface area contributed by atoms with Crippen LogP contribution in [0.5, 0.6) is 0 Å². The van der Waals surface area contributed by atoms with Crippen molar-refractivity contribution in [3.8, 4) is 6.07 Å². The molecule has 0 saturated carbocycles. The smallest absolute Gasteiger partial charge is 0.234 e. The monoisotopic (exact) mass is 302 g/mol. The topological polar surface area (TPSA) is 52.9 Å². The first kappa shape index (κ1) is 14.4. The maximum absolute atomic E-state index is 11.8. The summed E-state index contributed by atoms with van der Waals surface area (Å²) in [6.07, 6.45) is 0. The van der Waals surface area contributed by atoms with Crippen LogP contribution in [0.1, 0.15) is 5.56 Å². The Morgan fingerprint density at radius 1 is 1.20 bits per heavy atom. The fourth-order valence-electron chi connectivity index (χ4n) is 1.53. The number of thioether (sulfide) groups is 1. The Morgan fingerprint density at radius 3 is 2.55 bits per heavy atom. The van der Waals surface area contributed by atoms with E-state index in [1.165, 1.54) is 11.8 Å². The van der Waals surface area contributed by atoms with Gasteiger partial charge in [-0.3, -0.25) is 4.79 Å². The Hall–Kier alpha value is -1.96. The lowest BCUT2D eigenvalue weighted by molar-refractivity contribution is -0.113. The van der Waals surface area contributed by atoms with Crippen LogP contribution in [0.2, 0.25) is 5.02 Å². The van der Waals surface area contributed by atoms with E-state index in [9.17, 15) is 4.79 Å². The van der Waals surface area contributed by atoms with E-state index in [1.54, 1.807) is 30.3 Å². The van der Waals surface area contributed by atoms with Crippen LogP contribution in [-0.4, -0.2) is 11.7 Å². The molecule has 100 valence electrons. The zero-order valence-electron chi connectivity index (χ0n) is 10.5. The van der Waals surface area contributed by atoms with Gasteiger partial charge in [0, 0.05) is 10.6 Å². The van der Waals surface area contributed by atoms with Crippen molar-refractivity contribution in [3.63, 3.8) is 0 Å². The van der Waals surface area contributed by atoms with Gasteiger partial charge in [0.05, 0.1) is 22.4 Å². The van der Waals surface area contributed by atoms with Gasteiger partial charge in [-0.05, 0) is 36.4 Å². The number of benzene rings is 2. The SMILES string of the molecule is N#Cc1ccc(NC(=O)CSc2ccccc2Cl)cc1. The van der Waals surface area contributed by atoms with Gasteiger partial charge in [-0.2, -0.15) is 5.26 Å². The summed E-state index contributed by atoms with van der Waals surface area (Å²) in [5, 5.41) is 12.1. The van der Waals surface area contributed by atoms with E-state index >= 15 is 0 Å². The molecule has 0 spiro atoms. The Kier molecular flexibility index (Phi) is 5.05. The molecule has 0 fully saturated rings. The van der Waals surface area contributed by atoms with Crippen LogP contribution in [-0.2, 0) is 4.79 Å². The van der Waals surface area contributed by atoms with Crippen molar-refractivity contribution in [1.82, 2.24) is 0 Å². The molecule has 0 aliphatic rings. The molecule has 0 aromatic heterocycles. The van der Waals surface area contributed by atoms with E-state index in [0.717, 1.165) is 4.90 Å². The van der Waals surface area contributed by atoms with Gasteiger partial charge in [-0.15, -0.1) is 11.8 Å². The Balaban J connectivity index is 1.89. The van der Waals surface area contributed by atoms with Gasteiger partial charge in [0.15, 0.2) is 0 Å². The quantitative estimate of drug-likeness (QED) is 0.870. The molecule has 3 nitrogen and oxygen atoms in total. The molecule has 1 amide bonds. The first-order valence-electron chi connectivity index (χ1n) is 5.86.